The zero-order chi connectivity index (χ0) is 6.41. The van der Waals surface area contributed by atoms with Gasteiger partial charge in [0.2, 0.25) is 0 Å². The second-order valence-corrected chi connectivity index (χ2v) is 21.9. The van der Waals surface area contributed by atoms with Crippen LogP contribution in [0.15, 0.2) is 0 Å². The number of rotatable bonds is 0. The van der Waals surface area contributed by atoms with Gasteiger partial charge in [0.05, 0.1) is 0 Å². The molecule has 0 aromatic carbocycles. The van der Waals surface area contributed by atoms with E-state index in [0.29, 0.717) is 0 Å². The van der Waals surface area contributed by atoms with E-state index < -0.39 is 41.7 Å². The summed E-state index contributed by atoms with van der Waals surface area (Å²) in [7, 11) is 0. The molecule has 0 aromatic rings. The van der Waals surface area contributed by atoms with Crippen molar-refractivity contribution in [2.45, 2.75) is 0 Å². The molecule has 8 heteroatoms. The Balaban J connectivity index is 3.00. The van der Waals surface area contributed by atoms with Crippen LogP contribution in [0.2, 0.25) is 0 Å². The molecule has 1 aliphatic rings. The first-order valence-corrected chi connectivity index (χ1v) is 13.4. The fourth-order valence-corrected chi connectivity index (χ4v) is 21.0. The van der Waals surface area contributed by atoms with Crippen molar-refractivity contribution in [3.63, 3.8) is 0 Å². The monoisotopic (exact) mass is 456 g/mol. The van der Waals surface area contributed by atoms with Gasteiger partial charge >= 0.3 is 55.1 Å². The number of hydrogen-bond acceptors (Lipinski definition) is 6. The molecule has 0 N–H and O–H groups in total. The summed E-state index contributed by atoms with van der Waals surface area (Å²) in [5.74, 6) is 0. The summed E-state index contributed by atoms with van der Waals surface area (Å²) in [5.41, 5.74) is 0. The van der Waals surface area contributed by atoms with Gasteiger partial charge in [0.15, 0.2) is 0 Å². The molecular formula is Hf2O6. The molecule has 0 radical (unpaired) electrons. The number of hydrogen-bond donors (Lipinski definition) is 0. The Labute approximate surface area is 54.6 Å². The summed E-state index contributed by atoms with van der Waals surface area (Å²) in [6.45, 7) is 0. The van der Waals surface area contributed by atoms with Crippen LogP contribution >= 0.6 is 0 Å². The average molecular weight is 453 g/mol. The Morgan fingerprint density at radius 2 is 1.00 bits per heavy atom. The molecule has 0 atom stereocenters. The maximum atomic E-state index is 9.85. The van der Waals surface area contributed by atoms with E-state index in [-0.39, 0.29) is 0 Å². The molecule has 0 bridgehead atoms. The first kappa shape index (κ1) is 6.97. The predicted molar refractivity (Wildman–Crippen MR) is 4.92 cm³/mol. The van der Waals surface area contributed by atoms with Crippen molar-refractivity contribution in [1.82, 2.24) is 0 Å². The van der Waals surface area contributed by atoms with Crippen LogP contribution in [0.25, 0.3) is 0 Å². The van der Waals surface area contributed by atoms with Crippen LogP contribution in [0.1, 0.15) is 0 Å². The Morgan fingerprint density at radius 3 is 1.00 bits per heavy atom. The van der Waals surface area contributed by atoms with Gasteiger partial charge in [-0.05, 0) is 0 Å². The van der Waals surface area contributed by atoms with Crippen LogP contribution < -0.4 is 0 Å². The normalized spacial score (nSPS) is 23.0. The SMILES string of the molecule is [O]=[Hf]1(=[O])[O][Hf](=[O])(=[O])[O]1. The van der Waals surface area contributed by atoms with Gasteiger partial charge in [-0.1, -0.05) is 0 Å². The van der Waals surface area contributed by atoms with E-state index in [0.717, 1.165) is 0 Å². The molecule has 0 unspecified atom stereocenters. The summed E-state index contributed by atoms with van der Waals surface area (Å²) >= 11 is -10.7. The summed E-state index contributed by atoms with van der Waals surface area (Å²) in [4.78, 5) is 0. The Kier molecular flexibility index (Phi) is 1.46. The van der Waals surface area contributed by atoms with Gasteiger partial charge in [0.25, 0.3) is 0 Å². The quantitative estimate of drug-likeness (QED) is 0.455. The molecule has 0 amide bonds. The zero-order valence-corrected chi connectivity index (χ0v) is 10.6. The fourth-order valence-electron chi connectivity index (χ4n) is 0.314. The molecule has 0 aliphatic carbocycles. The second kappa shape index (κ2) is 1.68. The standard InChI is InChI=1S/2Hf.6O. The van der Waals surface area contributed by atoms with Crippen molar-refractivity contribution in [2.24, 2.45) is 0 Å². The first-order valence-electron chi connectivity index (χ1n) is 1.63. The molecule has 8 heavy (non-hydrogen) atoms. The molecule has 1 heterocycles. The van der Waals surface area contributed by atoms with Crippen LogP contribution in [0, 0.1) is 0 Å². The van der Waals surface area contributed by atoms with E-state index in [4.69, 9.17) is 0 Å². The van der Waals surface area contributed by atoms with Crippen molar-refractivity contribution >= 4 is 0 Å². The van der Waals surface area contributed by atoms with E-state index in [9.17, 15) is 11.4 Å². The molecule has 0 aromatic heterocycles. The van der Waals surface area contributed by atoms with Crippen LogP contribution in [0.3, 0.4) is 0 Å². The summed E-state index contributed by atoms with van der Waals surface area (Å²) in [6.07, 6.45) is 0. The second-order valence-electron chi connectivity index (χ2n) is 1.20. The van der Waals surface area contributed by atoms with Crippen molar-refractivity contribution in [3.05, 3.63) is 0 Å². The van der Waals surface area contributed by atoms with Crippen molar-refractivity contribution < 1.29 is 55.1 Å². The molecule has 0 saturated carbocycles. The van der Waals surface area contributed by atoms with Gasteiger partial charge in [-0.25, -0.2) is 0 Å². The molecule has 1 rings (SSSR count). The van der Waals surface area contributed by atoms with Crippen LogP contribution in [-0.2, 0) is 55.1 Å². The Morgan fingerprint density at radius 1 is 0.750 bits per heavy atom. The Hall–Kier alpha value is 0.860. The van der Waals surface area contributed by atoms with Crippen molar-refractivity contribution in [1.29, 1.82) is 0 Å². The maximum absolute atomic E-state index is 9.85. The minimum atomic E-state index is -5.36. The zero-order valence-electron chi connectivity index (χ0n) is 3.45. The fraction of sp³-hybridized carbons (Fsp3) is 0. The summed E-state index contributed by atoms with van der Waals surface area (Å²) in [6, 6.07) is 0. The Bertz CT molecular complexity index is 226. The summed E-state index contributed by atoms with van der Waals surface area (Å²) in [5, 5.41) is 0. The third kappa shape index (κ3) is 1.42. The van der Waals surface area contributed by atoms with Gasteiger partial charge in [-0.2, -0.15) is 0 Å². The molecule has 1 saturated heterocycles. The third-order valence-electron chi connectivity index (χ3n) is 0.500. The van der Waals surface area contributed by atoms with E-state index in [1.165, 1.54) is 0 Å². The van der Waals surface area contributed by atoms with Gasteiger partial charge < -0.3 is 0 Å². The molecule has 44 valence electrons. The predicted octanol–water partition coefficient (Wildman–Crippen LogP) is -0.617. The van der Waals surface area contributed by atoms with Crippen LogP contribution in [0.5, 0.6) is 0 Å². The van der Waals surface area contributed by atoms with Gasteiger partial charge in [0, 0.05) is 0 Å². The summed E-state index contributed by atoms with van der Waals surface area (Å²) < 4.78 is 46.4. The molecule has 6 nitrogen and oxygen atoms in total. The van der Waals surface area contributed by atoms with Crippen molar-refractivity contribution in [3.8, 4) is 0 Å². The van der Waals surface area contributed by atoms with Crippen molar-refractivity contribution in [2.75, 3.05) is 0 Å². The van der Waals surface area contributed by atoms with E-state index in [2.05, 4.69) is 1.94 Å². The van der Waals surface area contributed by atoms with Gasteiger partial charge in [-0.3, -0.25) is 0 Å². The molecule has 1 fully saturated rings. The minimum absolute atomic E-state index is 3.51. The van der Waals surface area contributed by atoms with Crippen LogP contribution in [-0.4, -0.2) is 0 Å². The van der Waals surface area contributed by atoms with E-state index >= 15 is 0 Å². The van der Waals surface area contributed by atoms with E-state index in [1.807, 2.05) is 0 Å². The van der Waals surface area contributed by atoms with Gasteiger partial charge in [-0.15, -0.1) is 0 Å². The molecular weight excluding hydrogens is 453 g/mol. The molecule has 1 aliphatic heterocycles. The molecule has 0 spiro atoms. The van der Waals surface area contributed by atoms with Crippen LogP contribution in [0.4, 0.5) is 0 Å². The third-order valence-corrected chi connectivity index (χ3v) is 33.5. The topological polar surface area (TPSA) is 86.7 Å². The average Bonchev–Trinajstić information content (AvgIpc) is 1.20. The van der Waals surface area contributed by atoms with Gasteiger partial charge in [0.1, 0.15) is 0 Å². The van der Waals surface area contributed by atoms with E-state index in [1.54, 1.807) is 0 Å². The first-order chi connectivity index (χ1) is 3.41.